The molecule has 1 fully saturated rings. The van der Waals surface area contributed by atoms with Crippen LogP contribution in [-0.4, -0.2) is 40.7 Å². The number of hydrogen-bond acceptors (Lipinski definition) is 6. The highest BCUT2D eigenvalue weighted by atomic mass is 32.2. The van der Waals surface area contributed by atoms with Crippen molar-refractivity contribution in [3.8, 4) is 0 Å². The molecule has 0 amide bonds. The summed E-state index contributed by atoms with van der Waals surface area (Å²) in [5, 5.41) is 3.20. The maximum atomic E-state index is 12.2. The number of rotatable bonds is 5. The number of hydrogen-bond donors (Lipinski definition) is 2. The first-order chi connectivity index (χ1) is 10.3. The van der Waals surface area contributed by atoms with Crippen LogP contribution < -0.4 is 10.0 Å². The summed E-state index contributed by atoms with van der Waals surface area (Å²) in [7, 11) is -3.26. The largest absolute Gasteiger partial charge is 0.354 e. The van der Waals surface area contributed by atoms with E-state index in [4.69, 9.17) is 0 Å². The lowest BCUT2D eigenvalue weighted by Gasteiger charge is -2.31. The fraction of sp³-hybridized carbons (Fsp3) is 0.786. The van der Waals surface area contributed by atoms with Gasteiger partial charge in [-0.1, -0.05) is 0 Å². The first kappa shape index (κ1) is 17.1. The van der Waals surface area contributed by atoms with E-state index >= 15 is 0 Å². The molecule has 0 atom stereocenters. The van der Waals surface area contributed by atoms with Gasteiger partial charge in [-0.3, -0.25) is 0 Å². The predicted octanol–water partition coefficient (Wildman–Crippen LogP) is 1.56. The molecule has 1 aromatic heterocycles. The van der Waals surface area contributed by atoms with E-state index in [-0.39, 0.29) is 6.04 Å². The van der Waals surface area contributed by atoms with E-state index < -0.39 is 14.8 Å². The minimum atomic E-state index is -3.26. The summed E-state index contributed by atoms with van der Waals surface area (Å²) in [4.78, 5) is 11.8. The van der Waals surface area contributed by atoms with Gasteiger partial charge in [-0.05, 0) is 52.4 Å². The van der Waals surface area contributed by atoms with E-state index in [2.05, 4.69) is 25.0 Å². The van der Waals surface area contributed by atoms with Crippen LogP contribution in [0.4, 0.5) is 5.95 Å². The zero-order valence-corrected chi connectivity index (χ0v) is 14.2. The second kappa shape index (κ2) is 6.87. The van der Waals surface area contributed by atoms with Crippen LogP contribution in [-0.2, 0) is 10.0 Å². The number of nitrogens with one attached hydrogen (secondary N) is 2. The normalized spacial score (nSPS) is 23.2. The van der Waals surface area contributed by atoms with Crippen LogP contribution in [0.2, 0.25) is 0 Å². The molecule has 8 heteroatoms. The summed E-state index contributed by atoms with van der Waals surface area (Å²) >= 11 is 0. The molecule has 1 aliphatic carbocycles. The van der Waals surface area contributed by atoms with E-state index in [0.717, 1.165) is 32.2 Å². The van der Waals surface area contributed by atoms with Crippen LogP contribution in [0.25, 0.3) is 0 Å². The van der Waals surface area contributed by atoms with Gasteiger partial charge in [0.15, 0.2) is 0 Å². The van der Waals surface area contributed by atoms with Gasteiger partial charge in [0, 0.05) is 12.6 Å². The summed E-state index contributed by atoms with van der Waals surface area (Å²) < 4.78 is 26.4. The SMILES string of the molecule is CC(C)(C)S(=O)(=O)NC1CCC(CNc2ncncn2)CC1. The number of sulfonamides is 1. The second-order valence-electron chi connectivity index (χ2n) is 6.79. The maximum Gasteiger partial charge on any atom is 0.225 e. The molecule has 1 saturated carbocycles. The maximum absolute atomic E-state index is 12.2. The third kappa shape index (κ3) is 4.61. The van der Waals surface area contributed by atoms with Crippen molar-refractivity contribution < 1.29 is 8.42 Å². The van der Waals surface area contributed by atoms with Crippen molar-refractivity contribution in [2.45, 2.75) is 57.2 Å². The summed E-state index contributed by atoms with van der Waals surface area (Å²) in [6.07, 6.45) is 6.67. The van der Waals surface area contributed by atoms with Crippen LogP contribution >= 0.6 is 0 Å². The molecule has 1 heterocycles. The van der Waals surface area contributed by atoms with Crippen LogP contribution in [0.15, 0.2) is 12.7 Å². The molecule has 0 bridgehead atoms. The Hall–Kier alpha value is -1.28. The van der Waals surface area contributed by atoms with Gasteiger partial charge in [-0.2, -0.15) is 0 Å². The van der Waals surface area contributed by atoms with Gasteiger partial charge in [0.1, 0.15) is 12.7 Å². The molecular formula is C14H25N5O2S. The highest BCUT2D eigenvalue weighted by molar-refractivity contribution is 7.90. The summed E-state index contributed by atoms with van der Waals surface area (Å²) in [5.41, 5.74) is 0. The van der Waals surface area contributed by atoms with Gasteiger partial charge < -0.3 is 5.32 Å². The zero-order chi connectivity index (χ0) is 16.2. The number of nitrogens with zero attached hydrogens (tertiary/aromatic N) is 3. The van der Waals surface area contributed by atoms with E-state index in [1.807, 2.05) is 0 Å². The Morgan fingerprint density at radius 2 is 1.73 bits per heavy atom. The van der Waals surface area contributed by atoms with E-state index in [9.17, 15) is 8.42 Å². The van der Waals surface area contributed by atoms with Gasteiger partial charge in [0.25, 0.3) is 0 Å². The molecule has 0 unspecified atom stereocenters. The molecule has 2 N–H and O–H groups in total. The zero-order valence-electron chi connectivity index (χ0n) is 13.4. The van der Waals surface area contributed by atoms with Crippen molar-refractivity contribution in [1.29, 1.82) is 0 Å². The molecule has 0 spiro atoms. The quantitative estimate of drug-likeness (QED) is 0.852. The molecule has 7 nitrogen and oxygen atoms in total. The van der Waals surface area contributed by atoms with Crippen LogP contribution in [0.3, 0.4) is 0 Å². The molecule has 0 aromatic carbocycles. The number of aromatic nitrogens is 3. The van der Waals surface area contributed by atoms with Crippen LogP contribution in [0.1, 0.15) is 46.5 Å². The van der Waals surface area contributed by atoms with Gasteiger partial charge in [0.2, 0.25) is 16.0 Å². The highest BCUT2D eigenvalue weighted by Gasteiger charge is 2.32. The molecule has 1 aliphatic rings. The third-order valence-corrected chi connectivity index (χ3v) is 6.27. The van der Waals surface area contributed by atoms with E-state index in [0.29, 0.717) is 11.9 Å². The lowest BCUT2D eigenvalue weighted by atomic mass is 9.86. The Morgan fingerprint density at radius 3 is 2.27 bits per heavy atom. The van der Waals surface area contributed by atoms with Crippen molar-refractivity contribution in [3.63, 3.8) is 0 Å². The Bertz CT molecular complexity index is 563. The first-order valence-electron chi connectivity index (χ1n) is 7.66. The highest BCUT2D eigenvalue weighted by Crippen LogP contribution is 2.26. The van der Waals surface area contributed by atoms with E-state index in [1.54, 1.807) is 20.8 Å². The molecule has 0 radical (unpaired) electrons. The first-order valence-corrected chi connectivity index (χ1v) is 9.14. The average molecular weight is 327 g/mol. The predicted molar refractivity (Wildman–Crippen MR) is 85.9 cm³/mol. The lowest BCUT2D eigenvalue weighted by molar-refractivity contribution is 0.322. The molecule has 22 heavy (non-hydrogen) atoms. The molecular weight excluding hydrogens is 302 g/mol. The Kier molecular flexibility index (Phi) is 5.33. The van der Waals surface area contributed by atoms with Crippen molar-refractivity contribution >= 4 is 16.0 Å². The van der Waals surface area contributed by atoms with Crippen LogP contribution in [0.5, 0.6) is 0 Å². The smallest absolute Gasteiger partial charge is 0.225 e. The molecule has 124 valence electrons. The fourth-order valence-electron chi connectivity index (χ4n) is 2.45. The van der Waals surface area contributed by atoms with Crippen molar-refractivity contribution in [2.24, 2.45) is 5.92 Å². The van der Waals surface area contributed by atoms with Gasteiger partial charge >= 0.3 is 0 Å². The topological polar surface area (TPSA) is 96.9 Å². The standard InChI is InChI=1S/C14H25N5O2S/c1-14(2,3)22(20,21)19-12-6-4-11(5-7-12)8-16-13-17-9-15-10-18-13/h9-12,19H,4-8H2,1-3H3,(H,15,16,17,18). The Labute approximate surface area is 132 Å². The minimum Gasteiger partial charge on any atom is -0.354 e. The molecule has 1 aromatic rings. The van der Waals surface area contributed by atoms with E-state index in [1.165, 1.54) is 12.7 Å². The minimum absolute atomic E-state index is 0.0534. The molecule has 0 aliphatic heterocycles. The lowest BCUT2D eigenvalue weighted by Crippen LogP contribution is -2.46. The molecule has 2 rings (SSSR count). The average Bonchev–Trinajstić information content (AvgIpc) is 2.46. The van der Waals surface area contributed by atoms with Crippen molar-refractivity contribution in [1.82, 2.24) is 19.7 Å². The van der Waals surface area contributed by atoms with Gasteiger partial charge in [-0.15, -0.1) is 0 Å². The van der Waals surface area contributed by atoms with Gasteiger partial charge in [-0.25, -0.2) is 28.1 Å². The summed E-state index contributed by atoms with van der Waals surface area (Å²) in [6.45, 7) is 5.97. The van der Waals surface area contributed by atoms with Crippen molar-refractivity contribution in [3.05, 3.63) is 12.7 Å². The monoisotopic (exact) mass is 327 g/mol. The Balaban J connectivity index is 1.76. The third-order valence-electron chi connectivity index (χ3n) is 4.02. The summed E-state index contributed by atoms with van der Waals surface area (Å²) in [6, 6.07) is 0.0534. The Morgan fingerprint density at radius 1 is 1.14 bits per heavy atom. The van der Waals surface area contributed by atoms with Gasteiger partial charge in [0.05, 0.1) is 4.75 Å². The van der Waals surface area contributed by atoms with Crippen molar-refractivity contribution in [2.75, 3.05) is 11.9 Å². The molecule has 0 saturated heterocycles. The number of anilines is 1. The summed E-state index contributed by atoms with van der Waals surface area (Å²) in [5.74, 6) is 1.11. The fourth-order valence-corrected chi connectivity index (χ4v) is 3.47. The van der Waals surface area contributed by atoms with Crippen LogP contribution in [0, 0.1) is 5.92 Å². The second-order valence-corrected chi connectivity index (χ2v) is 9.26.